The van der Waals surface area contributed by atoms with Crippen LogP contribution in [0, 0.1) is 0 Å². The van der Waals surface area contributed by atoms with E-state index >= 15 is 0 Å². The lowest BCUT2D eigenvalue weighted by Gasteiger charge is -2.19. The van der Waals surface area contributed by atoms with Crippen LogP contribution in [0.25, 0.3) is 11.3 Å². The van der Waals surface area contributed by atoms with Crippen LogP contribution in [0.1, 0.15) is 27.5 Å². The Labute approximate surface area is 187 Å². The zero-order chi connectivity index (χ0) is 21.1. The molecule has 0 saturated heterocycles. The first-order valence-electron chi connectivity index (χ1n) is 9.06. The van der Waals surface area contributed by atoms with Crippen LogP contribution in [0.3, 0.4) is 0 Å². The molecule has 0 spiro atoms. The van der Waals surface area contributed by atoms with Gasteiger partial charge in [0.2, 0.25) is 0 Å². The molecule has 30 heavy (non-hydrogen) atoms. The van der Waals surface area contributed by atoms with Crippen molar-refractivity contribution in [3.63, 3.8) is 0 Å². The van der Waals surface area contributed by atoms with Gasteiger partial charge in [0, 0.05) is 21.0 Å². The van der Waals surface area contributed by atoms with Crippen molar-refractivity contribution in [1.82, 2.24) is 4.98 Å². The molecule has 7 heteroatoms. The molecule has 1 heterocycles. The Morgan fingerprint density at radius 1 is 0.867 bits per heavy atom. The zero-order valence-electron chi connectivity index (χ0n) is 15.5. The van der Waals surface area contributed by atoms with E-state index < -0.39 is 5.97 Å². The monoisotopic (exact) mass is 454 g/mol. The highest BCUT2D eigenvalue weighted by atomic mass is 35.5. The molecule has 4 nitrogen and oxygen atoms in total. The number of thiazole rings is 1. The summed E-state index contributed by atoms with van der Waals surface area (Å²) in [6, 6.07) is 21.7. The molecule has 0 saturated carbocycles. The molecular formula is C23H16Cl2N2O2S. The van der Waals surface area contributed by atoms with Gasteiger partial charge < -0.3 is 10.4 Å². The lowest BCUT2D eigenvalue weighted by atomic mass is 9.98. The van der Waals surface area contributed by atoms with E-state index in [4.69, 9.17) is 28.2 Å². The van der Waals surface area contributed by atoms with Crippen molar-refractivity contribution in [2.75, 3.05) is 5.32 Å². The molecule has 2 N–H and O–H groups in total. The average molecular weight is 455 g/mol. The SMILES string of the molecule is O=C(O)c1ccc(C(Nc2nc(-c3ccc(Cl)cc3)cs2)c2ccc(Cl)cc2)cc1. The summed E-state index contributed by atoms with van der Waals surface area (Å²) >= 11 is 13.5. The van der Waals surface area contributed by atoms with E-state index in [9.17, 15) is 9.90 Å². The van der Waals surface area contributed by atoms with Gasteiger partial charge in [-0.05, 0) is 47.5 Å². The van der Waals surface area contributed by atoms with Crippen molar-refractivity contribution in [2.24, 2.45) is 0 Å². The molecule has 0 aliphatic rings. The topological polar surface area (TPSA) is 62.2 Å². The number of hydrogen-bond acceptors (Lipinski definition) is 4. The van der Waals surface area contributed by atoms with Gasteiger partial charge in [-0.15, -0.1) is 11.3 Å². The number of rotatable bonds is 6. The molecule has 0 radical (unpaired) electrons. The first-order valence-corrected chi connectivity index (χ1v) is 10.7. The largest absolute Gasteiger partial charge is 0.478 e. The van der Waals surface area contributed by atoms with E-state index in [1.54, 1.807) is 12.1 Å². The van der Waals surface area contributed by atoms with Crippen molar-refractivity contribution in [1.29, 1.82) is 0 Å². The summed E-state index contributed by atoms with van der Waals surface area (Å²) in [5.74, 6) is -0.954. The van der Waals surface area contributed by atoms with Crippen molar-refractivity contribution < 1.29 is 9.90 Å². The Morgan fingerprint density at radius 3 is 1.97 bits per heavy atom. The highest BCUT2D eigenvalue weighted by Crippen LogP contribution is 2.32. The first kappa shape index (κ1) is 20.4. The van der Waals surface area contributed by atoms with Crippen molar-refractivity contribution in [2.45, 2.75) is 6.04 Å². The Bertz CT molecular complexity index is 1160. The third kappa shape index (κ3) is 4.65. The molecule has 3 aromatic carbocycles. The van der Waals surface area contributed by atoms with Crippen LogP contribution >= 0.6 is 34.5 Å². The number of carboxylic acid groups (broad SMARTS) is 1. The van der Waals surface area contributed by atoms with Crippen LogP contribution in [-0.2, 0) is 0 Å². The average Bonchev–Trinajstić information content (AvgIpc) is 3.22. The van der Waals surface area contributed by atoms with Gasteiger partial charge in [0.05, 0.1) is 17.3 Å². The van der Waals surface area contributed by atoms with Gasteiger partial charge in [0.15, 0.2) is 5.13 Å². The predicted molar refractivity (Wildman–Crippen MR) is 123 cm³/mol. The number of benzene rings is 3. The maximum atomic E-state index is 11.2. The molecule has 0 fully saturated rings. The number of nitrogens with zero attached hydrogens (tertiary/aromatic N) is 1. The number of anilines is 1. The molecule has 0 aliphatic heterocycles. The van der Waals surface area contributed by atoms with Crippen molar-refractivity contribution in [3.05, 3.63) is 105 Å². The Morgan fingerprint density at radius 2 is 1.40 bits per heavy atom. The van der Waals surface area contributed by atoms with Crippen LogP contribution in [0.15, 0.2) is 78.2 Å². The maximum absolute atomic E-state index is 11.2. The molecule has 0 bridgehead atoms. The van der Waals surface area contributed by atoms with E-state index in [2.05, 4.69) is 5.32 Å². The highest BCUT2D eigenvalue weighted by molar-refractivity contribution is 7.14. The Hall–Kier alpha value is -2.86. The lowest BCUT2D eigenvalue weighted by Crippen LogP contribution is -2.12. The summed E-state index contributed by atoms with van der Waals surface area (Å²) < 4.78 is 0. The van der Waals surface area contributed by atoms with E-state index in [0.29, 0.717) is 10.0 Å². The smallest absolute Gasteiger partial charge is 0.335 e. The summed E-state index contributed by atoms with van der Waals surface area (Å²) in [7, 11) is 0. The minimum Gasteiger partial charge on any atom is -0.478 e. The third-order valence-corrected chi connectivity index (χ3v) is 5.88. The number of hydrogen-bond donors (Lipinski definition) is 2. The van der Waals surface area contributed by atoms with Crippen molar-refractivity contribution in [3.8, 4) is 11.3 Å². The lowest BCUT2D eigenvalue weighted by molar-refractivity contribution is 0.0697. The second-order valence-corrected chi connectivity index (χ2v) is 8.33. The van der Waals surface area contributed by atoms with Gasteiger partial charge in [-0.25, -0.2) is 9.78 Å². The van der Waals surface area contributed by atoms with Gasteiger partial charge >= 0.3 is 5.97 Å². The summed E-state index contributed by atoms with van der Waals surface area (Å²) in [5, 5.41) is 16.7. The third-order valence-electron chi connectivity index (χ3n) is 4.61. The predicted octanol–water partition coefficient (Wildman–Crippen LogP) is 7.02. The summed E-state index contributed by atoms with van der Waals surface area (Å²) in [6.45, 7) is 0. The van der Waals surface area contributed by atoms with Gasteiger partial charge in [0.25, 0.3) is 0 Å². The van der Waals surface area contributed by atoms with E-state index in [1.165, 1.54) is 11.3 Å². The number of aromatic nitrogens is 1. The quantitative estimate of drug-likeness (QED) is 0.328. The minimum absolute atomic E-state index is 0.214. The van der Waals surface area contributed by atoms with E-state index in [1.807, 2.05) is 66.0 Å². The minimum atomic E-state index is -0.954. The van der Waals surface area contributed by atoms with Crippen LogP contribution in [0.4, 0.5) is 5.13 Å². The number of halogens is 2. The van der Waals surface area contributed by atoms with Crippen LogP contribution in [0.5, 0.6) is 0 Å². The van der Waals surface area contributed by atoms with Crippen molar-refractivity contribution >= 4 is 45.6 Å². The Kier molecular flexibility index (Phi) is 6.04. The maximum Gasteiger partial charge on any atom is 0.335 e. The van der Waals surface area contributed by atoms with Gasteiger partial charge in [0.1, 0.15) is 0 Å². The standard InChI is InChI=1S/C23H16Cl2N2O2S/c24-18-9-5-14(6-10-18)20-13-30-23(26-20)27-21(16-7-11-19(25)12-8-16)15-1-3-17(4-2-15)22(28)29/h1-13,21H,(H,26,27)(H,28,29). The van der Waals surface area contributed by atoms with Gasteiger partial charge in [-0.1, -0.05) is 59.6 Å². The second kappa shape index (κ2) is 8.88. The number of carbonyl (C=O) groups is 1. The molecule has 1 aromatic heterocycles. The Balaban J connectivity index is 1.65. The highest BCUT2D eigenvalue weighted by Gasteiger charge is 2.17. The van der Waals surface area contributed by atoms with E-state index in [-0.39, 0.29) is 11.6 Å². The molecular weight excluding hydrogens is 439 g/mol. The molecule has 150 valence electrons. The molecule has 0 aliphatic carbocycles. The van der Waals surface area contributed by atoms with Crippen LogP contribution in [0.2, 0.25) is 10.0 Å². The second-order valence-electron chi connectivity index (χ2n) is 6.60. The molecule has 0 amide bonds. The number of nitrogens with one attached hydrogen (secondary N) is 1. The number of aromatic carboxylic acids is 1. The number of carboxylic acids is 1. The van der Waals surface area contributed by atoms with Crippen LogP contribution in [-0.4, -0.2) is 16.1 Å². The van der Waals surface area contributed by atoms with Gasteiger partial charge in [-0.2, -0.15) is 0 Å². The fraction of sp³-hybridized carbons (Fsp3) is 0.0435. The summed E-state index contributed by atoms with van der Waals surface area (Å²) in [6.07, 6.45) is 0. The molecule has 4 rings (SSSR count). The zero-order valence-corrected chi connectivity index (χ0v) is 17.9. The first-order chi connectivity index (χ1) is 14.5. The molecule has 1 atom stereocenters. The molecule has 4 aromatic rings. The van der Waals surface area contributed by atoms with Crippen LogP contribution < -0.4 is 5.32 Å². The molecule has 1 unspecified atom stereocenters. The van der Waals surface area contributed by atoms with Gasteiger partial charge in [-0.3, -0.25) is 0 Å². The van der Waals surface area contributed by atoms with E-state index in [0.717, 1.165) is 27.5 Å². The summed E-state index contributed by atoms with van der Waals surface area (Å²) in [5.41, 5.74) is 4.00. The summed E-state index contributed by atoms with van der Waals surface area (Å²) in [4.78, 5) is 15.9. The normalized spacial score (nSPS) is 11.8. The fourth-order valence-electron chi connectivity index (χ4n) is 3.05. The fourth-order valence-corrected chi connectivity index (χ4v) is 4.05.